The molecule has 0 saturated carbocycles. The van der Waals surface area contributed by atoms with Gasteiger partial charge in [0, 0.05) is 12.3 Å². The number of nitrogens with one attached hydrogen (secondary N) is 1. The first kappa shape index (κ1) is 9.82. The van der Waals surface area contributed by atoms with E-state index in [4.69, 9.17) is 0 Å². The van der Waals surface area contributed by atoms with Gasteiger partial charge in [0.05, 0.1) is 0 Å². The lowest BCUT2D eigenvalue weighted by Gasteiger charge is -1.79. The summed E-state index contributed by atoms with van der Waals surface area (Å²) >= 11 is 1.35. The predicted molar refractivity (Wildman–Crippen MR) is 46.4 cm³/mol. The van der Waals surface area contributed by atoms with Crippen LogP contribution in [0.25, 0.3) is 0 Å². The number of hydrogen-bond acceptors (Lipinski definition) is 2. The van der Waals surface area contributed by atoms with Crippen molar-refractivity contribution in [2.45, 2.75) is 20.8 Å². The lowest BCUT2D eigenvalue weighted by Crippen LogP contribution is -2.10. The summed E-state index contributed by atoms with van der Waals surface area (Å²) < 4.78 is 0. The van der Waals surface area contributed by atoms with E-state index in [0.717, 1.165) is 18.2 Å². The molecule has 0 aliphatic carbocycles. The van der Waals surface area contributed by atoms with Crippen molar-refractivity contribution in [3.05, 3.63) is 0 Å². The average Bonchev–Trinajstić information content (AvgIpc) is 2.15. The monoisotopic (exact) mass is 161 g/mol. The summed E-state index contributed by atoms with van der Waals surface area (Å²) in [4.78, 5) is 10.1. The molecule has 1 heterocycles. The lowest BCUT2D eigenvalue weighted by molar-refractivity contribution is 0.262. The maximum Gasteiger partial charge on any atom is 0.279 e. The van der Waals surface area contributed by atoms with Crippen molar-refractivity contribution in [2.75, 3.05) is 12.3 Å². The van der Waals surface area contributed by atoms with E-state index >= 15 is 0 Å². The van der Waals surface area contributed by atoms with Crippen molar-refractivity contribution in [3.63, 3.8) is 0 Å². The fourth-order valence-corrected chi connectivity index (χ4v) is 0.941. The Morgan fingerprint density at radius 1 is 1.50 bits per heavy atom. The molecule has 1 saturated heterocycles. The van der Waals surface area contributed by atoms with Crippen molar-refractivity contribution < 1.29 is 4.79 Å². The Labute approximate surface area is 66.8 Å². The number of hydrogen-bond donors (Lipinski definition) is 1. The van der Waals surface area contributed by atoms with E-state index in [0.29, 0.717) is 0 Å². The van der Waals surface area contributed by atoms with Crippen molar-refractivity contribution in [2.24, 2.45) is 5.92 Å². The third-order valence-electron chi connectivity index (χ3n) is 0.605. The van der Waals surface area contributed by atoms with Crippen LogP contribution in [0.1, 0.15) is 20.8 Å². The zero-order valence-corrected chi connectivity index (χ0v) is 7.62. The van der Waals surface area contributed by atoms with Gasteiger partial charge in [-0.05, 0) is 5.92 Å². The number of amides is 1. The molecular formula is C7H15NOS. The summed E-state index contributed by atoms with van der Waals surface area (Å²) in [6, 6.07) is 0. The third kappa shape index (κ3) is 7.82. The van der Waals surface area contributed by atoms with Crippen LogP contribution in [0, 0.1) is 5.92 Å². The first-order valence-electron chi connectivity index (χ1n) is 3.53. The number of rotatable bonds is 0. The molecule has 2 nitrogen and oxygen atoms in total. The average molecular weight is 161 g/mol. The van der Waals surface area contributed by atoms with Gasteiger partial charge in [0.25, 0.3) is 5.24 Å². The van der Waals surface area contributed by atoms with Crippen molar-refractivity contribution in [1.82, 2.24) is 5.32 Å². The summed E-state index contributed by atoms with van der Waals surface area (Å²) in [5.74, 6) is 1.78. The van der Waals surface area contributed by atoms with E-state index in [2.05, 4.69) is 26.1 Å². The molecule has 0 atom stereocenters. The van der Waals surface area contributed by atoms with Crippen LogP contribution in [-0.2, 0) is 0 Å². The molecule has 0 aromatic rings. The van der Waals surface area contributed by atoms with E-state index in [1.54, 1.807) is 0 Å². The summed E-state index contributed by atoms with van der Waals surface area (Å²) in [6.45, 7) is 7.35. The van der Waals surface area contributed by atoms with Gasteiger partial charge in [-0.3, -0.25) is 4.79 Å². The molecule has 0 radical (unpaired) electrons. The van der Waals surface area contributed by atoms with Gasteiger partial charge in [-0.15, -0.1) is 0 Å². The van der Waals surface area contributed by atoms with Crippen LogP contribution in [0.15, 0.2) is 0 Å². The predicted octanol–water partition coefficient (Wildman–Crippen LogP) is 2.11. The van der Waals surface area contributed by atoms with Crippen LogP contribution in [0.2, 0.25) is 0 Å². The van der Waals surface area contributed by atoms with E-state index in [1.807, 2.05) is 0 Å². The van der Waals surface area contributed by atoms with Gasteiger partial charge in [-0.1, -0.05) is 32.5 Å². The van der Waals surface area contributed by atoms with Crippen molar-refractivity contribution in [3.8, 4) is 0 Å². The first-order chi connectivity index (χ1) is 4.63. The van der Waals surface area contributed by atoms with Crippen LogP contribution in [0.5, 0.6) is 0 Å². The first-order valence-corrected chi connectivity index (χ1v) is 4.52. The molecule has 1 N–H and O–H groups in total. The summed E-state index contributed by atoms with van der Waals surface area (Å²) in [6.07, 6.45) is 0. The molecule has 1 aliphatic heterocycles. The second-order valence-electron chi connectivity index (χ2n) is 2.79. The Morgan fingerprint density at radius 2 is 2.00 bits per heavy atom. The van der Waals surface area contributed by atoms with Gasteiger partial charge >= 0.3 is 0 Å². The Balaban J connectivity index is 0.000000180. The maximum absolute atomic E-state index is 10.1. The number of thioether (sulfide) groups is 1. The van der Waals surface area contributed by atoms with Gasteiger partial charge in [-0.2, -0.15) is 0 Å². The van der Waals surface area contributed by atoms with Gasteiger partial charge in [0.1, 0.15) is 0 Å². The Hall–Kier alpha value is -0.180. The third-order valence-corrected chi connectivity index (χ3v) is 1.42. The molecular weight excluding hydrogens is 146 g/mol. The fraction of sp³-hybridized carbons (Fsp3) is 0.857. The quantitative estimate of drug-likeness (QED) is 0.589. The molecule has 1 amide bonds. The zero-order chi connectivity index (χ0) is 7.98. The summed E-state index contributed by atoms with van der Waals surface area (Å²) in [5.41, 5.74) is 0. The highest BCUT2D eigenvalue weighted by atomic mass is 32.2. The van der Waals surface area contributed by atoms with Gasteiger partial charge in [0.2, 0.25) is 0 Å². The molecule has 0 unspecified atom stereocenters. The SMILES string of the molecule is CC(C)C.O=C1NCCS1. The van der Waals surface area contributed by atoms with Crippen LogP contribution in [0.4, 0.5) is 4.79 Å². The molecule has 3 heteroatoms. The molecule has 0 aromatic heterocycles. The van der Waals surface area contributed by atoms with Crippen molar-refractivity contribution in [1.29, 1.82) is 0 Å². The van der Waals surface area contributed by atoms with Gasteiger partial charge in [-0.25, -0.2) is 0 Å². The minimum absolute atomic E-state index is 0.120. The molecule has 0 spiro atoms. The molecule has 1 aliphatic rings. The largest absolute Gasteiger partial charge is 0.346 e. The molecule has 60 valence electrons. The second kappa shape index (κ2) is 5.59. The lowest BCUT2D eigenvalue weighted by atomic mass is 10.3. The van der Waals surface area contributed by atoms with Gasteiger partial charge < -0.3 is 5.32 Å². The van der Waals surface area contributed by atoms with Crippen LogP contribution >= 0.6 is 11.8 Å². The molecule has 1 fully saturated rings. The highest BCUT2D eigenvalue weighted by Crippen LogP contribution is 2.04. The fourth-order valence-electron chi connectivity index (χ4n) is 0.348. The van der Waals surface area contributed by atoms with Crippen molar-refractivity contribution >= 4 is 17.0 Å². The second-order valence-corrected chi connectivity index (χ2v) is 3.86. The van der Waals surface area contributed by atoms with Crippen LogP contribution < -0.4 is 5.32 Å². The van der Waals surface area contributed by atoms with E-state index in [1.165, 1.54) is 11.8 Å². The van der Waals surface area contributed by atoms with E-state index < -0.39 is 0 Å². The minimum atomic E-state index is 0.120. The topological polar surface area (TPSA) is 29.1 Å². The highest BCUT2D eigenvalue weighted by molar-refractivity contribution is 8.13. The normalized spacial score (nSPS) is 16.2. The smallest absolute Gasteiger partial charge is 0.279 e. The molecule has 1 rings (SSSR count). The summed E-state index contributed by atoms with van der Waals surface area (Å²) in [5, 5.41) is 2.76. The van der Waals surface area contributed by atoms with Gasteiger partial charge in [0.15, 0.2) is 0 Å². The zero-order valence-electron chi connectivity index (χ0n) is 6.81. The summed E-state index contributed by atoms with van der Waals surface area (Å²) in [7, 11) is 0. The standard InChI is InChI=1S/C4H10.C3H5NOS/c1-4(2)3;5-3-4-1-2-6-3/h4H,1-3H3;1-2H2,(H,4,5). The maximum atomic E-state index is 10.1. The number of carbonyl (C=O) groups excluding carboxylic acids is 1. The molecule has 0 aromatic carbocycles. The van der Waals surface area contributed by atoms with E-state index in [9.17, 15) is 4.79 Å². The Morgan fingerprint density at radius 3 is 2.10 bits per heavy atom. The highest BCUT2D eigenvalue weighted by Gasteiger charge is 2.06. The Kier molecular flexibility index (Phi) is 5.49. The number of carbonyl (C=O) groups is 1. The molecule has 10 heavy (non-hydrogen) atoms. The Bertz CT molecular complexity index is 93.0. The molecule has 0 bridgehead atoms. The van der Waals surface area contributed by atoms with Crippen LogP contribution in [0.3, 0.4) is 0 Å². The minimum Gasteiger partial charge on any atom is -0.346 e. The van der Waals surface area contributed by atoms with Crippen LogP contribution in [-0.4, -0.2) is 17.5 Å². The van der Waals surface area contributed by atoms with E-state index in [-0.39, 0.29) is 5.24 Å².